The number of para-hydroxylation sites is 3. The van der Waals surface area contributed by atoms with E-state index in [2.05, 4.69) is 297 Å². The number of rotatable bonds is 4. The number of hydrogen-bond donors (Lipinski definition) is 0. The Morgan fingerprint density at radius 1 is 0.337 bits per heavy atom. The van der Waals surface area contributed by atoms with E-state index in [1.54, 1.807) is 0 Å². The van der Waals surface area contributed by atoms with Crippen molar-refractivity contribution < 1.29 is 13.9 Å². The lowest BCUT2D eigenvalue weighted by Gasteiger charge is -2.35. The van der Waals surface area contributed by atoms with Gasteiger partial charge in [-0.25, -0.2) is 4.98 Å². The summed E-state index contributed by atoms with van der Waals surface area (Å²) in [6, 6.07) is 74.1. The van der Waals surface area contributed by atoms with Crippen LogP contribution in [0.5, 0.6) is 23.0 Å². The summed E-state index contributed by atoms with van der Waals surface area (Å²) in [4.78, 5) is 5.96. The number of fused-ring (bicyclic) bond motifs is 17. The molecule has 5 aromatic heterocycles. The maximum Gasteiger partial charge on any atom is 0.260 e. The standard InChI is InChI=1S/C81H69BN4O3/c1-78(2,3)47-26-30-55-56-31-27-48(79(4,5)6)39-66(56)85(65(55)38-47)52-43-61(83-74(45-52)86-64-34-36-70-76(58-21-15-18-24-68(58)87-70)75(64)57-32-28-49(40-67(57)86)80(7,8)9)46-25-35-69-60(37-46)82-59-33-29-51(84-62-22-16-13-19-53(62)54-20-14-17-23-63(54)84)44-71(59)89-73-42-50(81(10,11)12)41-72(88-69)77(73)82/h13-45H,1-12H3. The van der Waals surface area contributed by atoms with Crippen molar-refractivity contribution >= 4 is 110 Å². The van der Waals surface area contributed by atoms with Crippen LogP contribution in [0.1, 0.15) is 105 Å². The van der Waals surface area contributed by atoms with E-state index in [0.717, 1.165) is 139 Å². The van der Waals surface area contributed by atoms with E-state index in [-0.39, 0.29) is 28.4 Å². The maximum atomic E-state index is 7.22. The van der Waals surface area contributed by atoms with Gasteiger partial charge in [0, 0.05) is 71.9 Å². The molecule has 0 radical (unpaired) electrons. The predicted octanol–water partition coefficient (Wildman–Crippen LogP) is 19.9. The van der Waals surface area contributed by atoms with Crippen LogP contribution < -0.4 is 25.9 Å². The summed E-state index contributed by atoms with van der Waals surface area (Å²) < 4.78 is 28.3. The minimum atomic E-state index is -0.208. The van der Waals surface area contributed by atoms with E-state index in [0.29, 0.717) is 0 Å². The van der Waals surface area contributed by atoms with Crippen molar-refractivity contribution in [1.82, 2.24) is 18.7 Å². The summed E-state index contributed by atoms with van der Waals surface area (Å²) in [7, 11) is 0. The van der Waals surface area contributed by atoms with Crippen molar-refractivity contribution in [3.63, 3.8) is 0 Å². The molecule has 0 spiro atoms. The highest BCUT2D eigenvalue weighted by atomic mass is 16.5. The molecule has 89 heavy (non-hydrogen) atoms. The van der Waals surface area contributed by atoms with Gasteiger partial charge in [0.25, 0.3) is 6.71 Å². The van der Waals surface area contributed by atoms with Crippen LogP contribution in [-0.2, 0) is 21.7 Å². The lowest BCUT2D eigenvalue weighted by Crippen LogP contribution is -2.57. The van der Waals surface area contributed by atoms with Crippen molar-refractivity contribution in [2.75, 3.05) is 0 Å². The second-order valence-electron chi connectivity index (χ2n) is 29.2. The molecular formula is C81H69BN4O3. The highest BCUT2D eigenvalue weighted by Gasteiger charge is 2.42. The Morgan fingerprint density at radius 3 is 1.49 bits per heavy atom. The summed E-state index contributed by atoms with van der Waals surface area (Å²) in [5.41, 5.74) is 20.0. The van der Waals surface area contributed by atoms with E-state index in [9.17, 15) is 0 Å². The third-order valence-electron chi connectivity index (χ3n) is 19.4. The molecule has 0 N–H and O–H groups in total. The molecule has 0 amide bonds. The Morgan fingerprint density at radius 2 is 0.876 bits per heavy atom. The Kier molecular flexibility index (Phi) is 11.0. The number of ether oxygens (including phenoxy) is 2. The first-order valence-electron chi connectivity index (χ1n) is 31.4. The SMILES string of the molecule is CC(C)(C)c1cc2c3c(c1)Oc1ccc(-c4cc(-n5c6cc(C(C)(C)C)ccc6c6ccc(C(C)(C)C)cc65)cc(-n5c6cc(C(C)(C)C)ccc6c6c7c(ccc65)oc5ccccc57)n4)cc1B3c1ccc(-n3c4ccccc4c4ccccc43)cc1O2. The van der Waals surface area contributed by atoms with Gasteiger partial charge in [-0.15, -0.1) is 0 Å². The minimum absolute atomic E-state index is 0.0929. The van der Waals surface area contributed by atoms with E-state index < -0.39 is 0 Å². The van der Waals surface area contributed by atoms with Crippen LogP contribution >= 0.6 is 0 Å². The Labute approximate surface area is 518 Å². The number of aromatic nitrogens is 4. The molecule has 0 bridgehead atoms. The number of nitrogens with zero attached hydrogens (tertiary/aromatic N) is 4. The zero-order valence-corrected chi connectivity index (χ0v) is 52.6. The van der Waals surface area contributed by atoms with Crippen LogP contribution in [0.3, 0.4) is 0 Å². The van der Waals surface area contributed by atoms with Crippen molar-refractivity contribution in [3.05, 3.63) is 222 Å². The molecule has 0 saturated heterocycles. The van der Waals surface area contributed by atoms with Crippen molar-refractivity contribution in [2.24, 2.45) is 0 Å². The summed E-state index contributed by atoms with van der Waals surface area (Å²) in [6.07, 6.45) is 0. The van der Waals surface area contributed by atoms with Gasteiger partial charge in [0.15, 0.2) is 0 Å². The topological polar surface area (TPSA) is 59.3 Å². The smallest absolute Gasteiger partial charge is 0.260 e. The van der Waals surface area contributed by atoms with Crippen LogP contribution in [0.4, 0.5) is 0 Å². The molecule has 8 heteroatoms. The van der Waals surface area contributed by atoms with Gasteiger partial charge in [0.05, 0.1) is 44.5 Å². The van der Waals surface area contributed by atoms with Gasteiger partial charge in [-0.05, 0) is 140 Å². The molecule has 434 valence electrons. The largest absolute Gasteiger partial charge is 0.458 e. The molecule has 0 fully saturated rings. The van der Waals surface area contributed by atoms with Gasteiger partial charge in [-0.3, -0.25) is 4.57 Å². The first-order valence-corrected chi connectivity index (χ1v) is 31.4. The fraction of sp³-hybridized carbons (Fsp3) is 0.198. The van der Waals surface area contributed by atoms with Crippen molar-refractivity contribution in [3.8, 4) is 51.4 Å². The van der Waals surface area contributed by atoms with E-state index >= 15 is 0 Å². The molecule has 15 aromatic rings. The lowest BCUT2D eigenvalue weighted by atomic mass is 9.34. The molecular weight excluding hydrogens is 1090 g/mol. The Balaban J connectivity index is 0.943. The zero-order valence-electron chi connectivity index (χ0n) is 52.6. The monoisotopic (exact) mass is 1160 g/mol. The van der Waals surface area contributed by atoms with Gasteiger partial charge in [0.1, 0.15) is 40.0 Å². The van der Waals surface area contributed by atoms with E-state index in [4.69, 9.17) is 18.9 Å². The minimum Gasteiger partial charge on any atom is -0.458 e. The number of hydrogen-bond acceptors (Lipinski definition) is 4. The number of pyridine rings is 1. The number of benzene rings is 10. The van der Waals surface area contributed by atoms with E-state index in [1.165, 1.54) is 38.2 Å². The van der Waals surface area contributed by atoms with Gasteiger partial charge in [-0.2, -0.15) is 0 Å². The first-order chi connectivity index (χ1) is 42.6. The quantitative estimate of drug-likeness (QED) is 0.165. The molecule has 7 heterocycles. The fourth-order valence-corrected chi connectivity index (χ4v) is 14.6. The Hall–Kier alpha value is -9.79. The van der Waals surface area contributed by atoms with Crippen LogP contribution in [0, 0.1) is 0 Å². The van der Waals surface area contributed by atoms with Crippen LogP contribution in [-0.4, -0.2) is 25.4 Å². The predicted molar refractivity (Wildman–Crippen MR) is 372 cm³/mol. The zero-order chi connectivity index (χ0) is 60.9. The number of furan rings is 1. The van der Waals surface area contributed by atoms with Crippen LogP contribution in [0.2, 0.25) is 0 Å². The van der Waals surface area contributed by atoms with Crippen molar-refractivity contribution in [1.29, 1.82) is 0 Å². The average molecular weight is 1160 g/mol. The molecule has 0 saturated carbocycles. The second kappa shape index (κ2) is 18.4. The van der Waals surface area contributed by atoms with Gasteiger partial charge < -0.3 is 23.0 Å². The Bertz CT molecular complexity index is 5440. The van der Waals surface area contributed by atoms with Crippen LogP contribution in [0.25, 0.3) is 116 Å². The van der Waals surface area contributed by atoms with Gasteiger partial charge >= 0.3 is 0 Å². The first kappa shape index (κ1) is 53.5. The third-order valence-corrected chi connectivity index (χ3v) is 19.4. The summed E-state index contributed by atoms with van der Waals surface area (Å²) in [5, 5.41) is 9.36. The maximum absolute atomic E-state index is 7.22. The van der Waals surface area contributed by atoms with Gasteiger partial charge in [0.2, 0.25) is 0 Å². The summed E-state index contributed by atoms with van der Waals surface area (Å²) in [5.74, 6) is 4.11. The summed E-state index contributed by atoms with van der Waals surface area (Å²) in [6.45, 7) is 27.3. The molecule has 2 aliphatic heterocycles. The van der Waals surface area contributed by atoms with E-state index in [1.807, 2.05) is 0 Å². The van der Waals surface area contributed by atoms with Gasteiger partial charge in [-0.1, -0.05) is 186 Å². The highest BCUT2D eigenvalue weighted by Crippen LogP contribution is 2.46. The molecule has 7 nitrogen and oxygen atoms in total. The molecule has 10 aromatic carbocycles. The fourth-order valence-electron chi connectivity index (χ4n) is 14.6. The average Bonchev–Trinajstić information content (AvgIpc) is 1.77. The summed E-state index contributed by atoms with van der Waals surface area (Å²) >= 11 is 0. The molecule has 0 unspecified atom stereocenters. The molecule has 17 rings (SSSR count). The third kappa shape index (κ3) is 8.07. The molecule has 0 atom stereocenters. The molecule has 2 aliphatic rings. The lowest BCUT2D eigenvalue weighted by molar-refractivity contribution is 0.458. The van der Waals surface area contributed by atoms with Crippen molar-refractivity contribution in [2.45, 2.75) is 105 Å². The van der Waals surface area contributed by atoms with Crippen LogP contribution in [0.15, 0.2) is 205 Å². The highest BCUT2D eigenvalue weighted by molar-refractivity contribution is 6.98. The normalized spacial score (nSPS) is 13.6. The molecule has 0 aliphatic carbocycles. The second-order valence-corrected chi connectivity index (χ2v) is 29.2.